The molecule has 1 aromatic heterocycles. The van der Waals surface area contributed by atoms with Crippen LogP contribution in [0.1, 0.15) is 13.3 Å². The molecular formula is C12H13ClN2O. The lowest BCUT2D eigenvalue weighted by molar-refractivity contribution is -0.119. The van der Waals surface area contributed by atoms with Crippen molar-refractivity contribution in [1.29, 1.82) is 0 Å². The molecule has 0 radical (unpaired) electrons. The fourth-order valence-corrected chi connectivity index (χ4v) is 1.95. The zero-order valence-electron chi connectivity index (χ0n) is 9.03. The number of rotatable bonds is 3. The van der Waals surface area contributed by atoms with Gasteiger partial charge in [0, 0.05) is 28.7 Å². The third-order valence-corrected chi connectivity index (χ3v) is 2.84. The lowest BCUT2D eigenvalue weighted by Crippen LogP contribution is -2.07. The number of halogens is 1. The molecule has 0 aliphatic rings. The van der Waals surface area contributed by atoms with E-state index >= 15 is 0 Å². The Balaban J connectivity index is 2.51. The second-order valence-corrected chi connectivity index (χ2v) is 4.20. The third kappa shape index (κ3) is 1.91. The molecule has 3 nitrogen and oxygen atoms in total. The van der Waals surface area contributed by atoms with Crippen molar-refractivity contribution in [2.75, 3.05) is 5.73 Å². The van der Waals surface area contributed by atoms with Gasteiger partial charge in [0.2, 0.25) is 0 Å². The van der Waals surface area contributed by atoms with Crippen molar-refractivity contribution in [2.45, 2.75) is 19.9 Å². The van der Waals surface area contributed by atoms with Gasteiger partial charge in [-0.1, -0.05) is 18.5 Å². The summed E-state index contributed by atoms with van der Waals surface area (Å²) >= 11 is 5.95. The van der Waals surface area contributed by atoms with Crippen LogP contribution in [-0.2, 0) is 11.3 Å². The molecule has 1 heterocycles. The van der Waals surface area contributed by atoms with Gasteiger partial charge in [-0.25, -0.2) is 0 Å². The molecule has 0 unspecified atom stereocenters. The second-order valence-electron chi connectivity index (χ2n) is 3.76. The Morgan fingerprint density at radius 2 is 2.25 bits per heavy atom. The largest absolute Gasteiger partial charge is 0.398 e. The maximum atomic E-state index is 11.4. The van der Waals surface area contributed by atoms with Crippen LogP contribution in [0.4, 0.5) is 5.69 Å². The number of anilines is 1. The van der Waals surface area contributed by atoms with E-state index in [1.807, 2.05) is 29.8 Å². The minimum atomic E-state index is 0.191. The Labute approximate surface area is 98.8 Å². The molecule has 2 aromatic rings. The van der Waals surface area contributed by atoms with Gasteiger partial charge in [-0.15, -0.1) is 0 Å². The van der Waals surface area contributed by atoms with E-state index in [1.165, 1.54) is 0 Å². The average molecular weight is 237 g/mol. The molecule has 0 aliphatic carbocycles. The van der Waals surface area contributed by atoms with E-state index < -0.39 is 0 Å². The van der Waals surface area contributed by atoms with Gasteiger partial charge in [0.1, 0.15) is 0 Å². The number of carbonyl (C=O) groups is 1. The van der Waals surface area contributed by atoms with Crippen LogP contribution in [0.15, 0.2) is 24.4 Å². The number of ketones is 1. The summed E-state index contributed by atoms with van der Waals surface area (Å²) in [6.07, 6.45) is 2.40. The molecular weight excluding hydrogens is 224 g/mol. The number of Topliss-reactive ketones (excluding diaryl/α,β-unsaturated/α-hetero) is 1. The number of nitrogen functional groups attached to an aromatic ring is 1. The zero-order chi connectivity index (χ0) is 11.7. The van der Waals surface area contributed by atoms with E-state index in [4.69, 9.17) is 17.3 Å². The second kappa shape index (κ2) is 4.18. The first kappa shape index (κ1) is 11.0. The molecule has 0 amide bonds. The van der Waals surface area contributed by atoms with Crippen LogP contribution in [0.25, 0.3) is 10.9 Å². The first-order valence-corrected chi connectivity index (χ1v) is 5.55. The van der Waals surface area contributed by atoms with Gasteiger partial charge in [0.15, 0.2) is 5.78 Å². The Bertz CT molecular complexity index is 545. The number of aromatic nitrogens is 1. The highest BCUT2D eigenvalue weighted by molar-refractivity contribution is 6.31. The van der Waals surface area contributed by atoms with Gasteiger partial charge in [0.05, 0.1) is 12.1 Å². The Hall–Kier alpha value is -1.48. The van der Waals surface area contributed by atoms with E-state index in [1.54, 1.807) is 6.07 Å². The van der Waals surface area contributed by atoms with Gasteiger partial charge >= 0.3 is 0 Å². The van der Waals surface area contributed by atoms with Crippen molar-refractivity contribution in [3.8, 4) is 0 Å². The lowest BCUT2D eigenvalue weighted by atomic mass is 10.2. The molecule has 0 aliphatic heterocycles. The summed E-state index contributed by atoms with van der Waals surface area (Å²) in [6.45, 7) is 2.23. The van der Waals surface area contributed by atoms with Crippen LogP contribution in [0, 0.1) is 0 Å². The molecule has 16 heavy (non-hydrogen) atoms. The van der Waals surface area contributed by atoms with Crippen LogP contribution < -0.4 is 5.73 Å². The Morgan fingerprint density at radius 1 is 1.50 bits per heavy atom. The van der Waals surface area contributed by atoms with Gasteiger partial charge in [-0.05, 0) is 18.2 Å². The number of nitrogens with zero attached hydrogens (tertiary/aromatic N) is 1. The fraction of sp³-hybridized carbons (Fsp3) is 0.250. The zero-order valence-corrected chi connectivity index (χ0v) is 9.79. The summed E-state index contributed by atoms with van der Waals surface area (Å²) in [7, 11) is 0. The van der Waals surface area contributed by atoms with Gasteiger partial charge in [-0.2, -0.15) is 0 Å². The van der Waals surface area contributed by atoms with E-state index in [0.717, 1.165) is 10.9 Å². The molecule has 0 bridgehead atoms. The number of hydrogen-bond acceptors (Lipinski definition) is 2. The number of benzene rings is 1. The van der Waals surface area contributed by atoms with E-state index in [0.29, 0.717) is 23.7 Å². The van der Waals surface area contributed by atoms with Crippen molar-refractivity contribution >= 4 is 34.0 Å². The molecule has 2 rings (SSSR count). The summed E-state index contributed by atoms with van der Waals surface area (Å²) in [4.78, 5) is 11.4. The smallest absolute Gasteiger partial charge is 0.152 e. The summed E-state index contributed by atoms with van der Waals surface area (Å²) in [5.41, 5.74) is 7.40. The molecule has 0 saturated carbocycles. The molecule has 0 atom stereocenters. The van der Waals surface area contributed by atoms with E-state index in [-0.39, 0.29) is 5.78 Å². The highest BCUT2D eigenvalue weighted by Gasteiger charge is 2.07. The third-order valence-electron chi connectivity index (χ3n) is 2.63. The minimum absolute atomic E-state index is 0.191. The summed E-state index contributed by atoms with van der Waals surface area (Å²) in [5, 5.41) is 1.53. The average Bonchev–Trinajstić information content (AvgIpc) is 2.61. The Kier molecular flexibility index (Phi) is 2.88. The summed E-state index contributed by atoms with van der Waals surface area (Å²) in [6, 6.07) is 5.45. The standard InChI is InChI=1S/C12H13ClN2O/c1-2-9(16)7-15-4-3-10-11(14)5-8(13)6-12(10)15/h3-6H,2,7,14H2,1H3. The van der Waals surface area contributed by atoms with Crippen molar-refractivity contribution in [3.63, 3.8) is 0 Å². The molecule has 1 aromatic carbocycles. The molecule has 0 fully saturated rings. The van der Waals surface area contributed by atoms with Gasteiger partial charge < -0.3 is 10.3 Å². The van der Waals surface area contributed by atoms with Crippen LogP contribution in [0.3, 0.4) is 0 Å². The van der Waals surface area contributed by atoms with E-state index in [2.05, 4.69) is 0 Å². The summed E-state index contributed by atoms with van der Waals surface area (Å²) < 4.78 is 1.88. The molecule has 2 N–H and O–H groups in total. The Morgan fingerprint density at radius 3 is 2.94 bits per heavy atom. The van der Waals surface area contributed by atoms with Crippen LogP contribution >= 0.6 is 11.6 Å². The SMILES string of the molecule is CCC(=O)Cn1ccc2c(N)cc(Cl)cc21. The van der Waals surface area contributed by atoms with Crippen molar-refractivity contribution < 1.29 is 4.79 Å². The molecule has 0 saturated heterocycles. The van der Waals surface area contributed by atoms with Gasteiger partial charge in [-0.3, -0.25) is 4.79 Å². The van der Waals surface area contributed by atoms with Gasteiger partial charge in [0.25, 0.3) is 0 Å². The van der Waals surface area contributed by atoms with Crippen molar-refractivity contribution in [2.24, 2.45) is 0 Å². The number of carbonyl (C=O) groups excluding carboxylic acids is 1. The van der Waals surface area contributed by atoms with Crippen LogP contribution in [0.2, 0.25) is 5.02 Å². The highest BCUT2D eigenvalue weighted by atomic mass is 35.5. The summed E-state index contributed by atoms with van der Waals surface area (Å²) in [5.74, 6) is 0.191. The fourth-order valence-electron chi connectivity index (χ4n) is 1.73. The topological polar surface area (TPSA) is 48.0 Å². The predicted octanol–water partition coefficient (Wildman–Crippen LogP) is 2.86. The molecule has 4 heteroatoms. The quantitative estimate of drug-likeness (QED) is 0.833. The number of fused-ring (bicyclic) bond motifs is 1. The normalized spacial score (nSPS) is 10.9. The predicted molar refractivity (Wildman–Crippen MR) is 66.7 cm³/mol. The first-order valence-electron chi connectivity index (χ1n) is 5.17. The molecule has 0 spiro atoms. The lowest BCUT2D eigenvalue weighted by Gasteiger charge is -2.05. The number of hydrogen-bond donors (Lipinski definition) is 1. The molecule has 84 valence electrons. The first-order chi connectivity index (χ1) is 7.61. The maximum Gasteiger partial charge on any atom is 0.152 e. The van der Waals surface area contributed by atoms with E-state index in [9.17, 15) is 4.79 Å². The van der Waals surface area contributed by atoms with Crippen LogP contribution in [-0.4, -0.2) is 10.4 Å². The van der Waals surface area contributed by atoms with Crippen LogP contribution in [0.5, 0.6) is 0 Å². The number of nitrogens with two attached hydrogens (primary N) is 1. The highest BCUT2D eigenvalue weighted by Crippen LogP contribution is 2.26. The van der Waals surface area contributed by atoms with Crippen molar-refractivity contribution in [1.82, 2.24) is 4.57 Å². The monoisotopic (exact) mass is 236 g/mol. The maximum absolute atomic E-state index is 11.4. The van der Waals surface area contributed by atoms with Crippen molar-refractivity contribution in [3.05, 3.63) is 29.4 Å². The minimum Gasteiger partial charge on any atom is -0.398 e.